The molecule has 3 heteroatoms. The maximum atomic E-state index is 5.68. The van der Waals surface area contributed by atoms with Crippen LogP contribution in [0.2, 0.25) is 0 Å². The van der Waals surface area contributed by atoms with Gasteiger partial charge in [-0.3, -0.25) is 4.98 Å². The van der Waals surface area contributed by atoms with Crippen LogP contribution in [0.5, 0.6) is 0 Å². The van der Waals surface area contributed by atoms with Gasteiger partial charge in [-0.1, -0.05) is 12.1 Å². The molecule has 0 bridgehead atoms. The first-order chi connectivity index (χ1) is 9.76. The molecular weight excluding hydrogens is 248 g/mol. The second kappa shape index (κ2) is 7.06. The van der Waals surface area contributed by atoms with Crippen molar-refractivity contribution in [2.75, 3.05) is 18.1 Å². The van der Waals surface area contributed by atoms with Gasteiger partial charge in [0.2, 0.25) is 0 Å². The van der Waals surface area contributed by atoms with Gasteiger partial charge in [0.25, 0.3) is 0 Å². The van der Waals surface area contributed by atoms with Crippen LogP contribution in [-0.4, -0.2) is 24.4 Å². The SMILES string of the molecule is CCOC(C)N(CC)c1ccc(-c2ccncc2)cc1. The zero-order chi connectivity index (χ0) is 14.4. The monoisotopic (exact) mass is 270 g/mol. The van der Waals surface area contributed by atoms with Crippen molar-refractivity contribution in [3.8, 4) is 11.1 Å². The van der Waals surface area contributed by atoms with Crippen LogP contribution in [0.1, 0.15) is 20.8 Å². The number of anilines is 1. The Labute approximate surface area is 121 Å². The summed E-state index contributed by atoms with van der Waals surface area (Å²) in [7, 11) is 0. The van der Waals surface area contributed by atoms with Crippen molar-refractivity contribution in [3.63, 3.8) is 0 Å². The topological polar surface area (TPSA) is 25.4 Å². The Morgan fingerprint density at radius 1 is 1.00 bits per heavy atom. The normalized spacial score (nSPS) is 12.2. The number of nitrogens with zero attached hydrogens (tertiary/aromatic N) is 2. The van der Waals surface area contributed by atoms with Crippen molar-refractivity contribution < 1.29 is 4.74 Å². The summed E-state index contributed by atoms with van der Waals surface area (Å²) in [4.78, 5) is 6.30. The van der Waals surface area contributed by atoms with Gasteiger partial charge in [0.1, 0.15) is 6.23 Å². The van der Waals surface area contributed by atoms with Crippen molar-refractivity contribution in [2.45, 2.75) is 27.0 Å². The second-order valence-electron chi connectivity index (χ2n) is 4.62. The summed E-state index contributed by atoms with van der Waals surface area (Å²) in [6.45, 7) is 7.91. The van der Waals surface area contributed by atoms with Gasteiger partial charge in [-0.05, 0) is 56.2 Å². The lowest BCUT2D eigenvalue weighted by Gasteiger charge is -2.29. The van der Waals surface area contributed by atoms with Crippen molar-refractivity contribution in [1.29, 1.82) is 0 Å². The molecule has 1 atom stereocenters. The van der Waals surface area contributed by atoms with Gasteiger partial charge in [0.15, 0.2) is 0 Å². The van der Waals surface area contributed by atoms with Crippen LogP contribution in [0, 0.1) is 0 Å². The predicted molar refractivity (Wildman–Crippen MR) is 83.8 cm³/mol. The van der Waals surface area contributed by atoms with Crippen LogP contribution in [0.25, 0.3) is 11.1 Å². The highest BCUT2D eigenvalue weighted by Crippen LogP contribution is 2.23. The molecule has 2 rings (SSSR count). The van der Waals surface area contributed by atoms with Gasteiger partial charge in [0.05, 0.1) is 0 Å². The molecule has 0 saturated carbocycles. The van der Waals surface area contributed by atoms with E-state index in [4.69, 9.17) is 4.74 Å². The van der Waals surface area contributed by atoms with E-state index in [1.807, 2.05) is 31.5 Å². The lowest BCUT2D eigenvalue weighted by atomic mass is 10.1. The maximum absolute atomic E-state index is 5.68. The maximum Gasteiger partial charge on any atom is 0.127 e. The van der Waals surface area contributed by atoms with E-state index in [2.05, 4.69) is 48.0 Å². The molecule has 0 N–H and O–H groups in total. The number of hydrogen-bond donors (Lipinski definition) is 0. The predicted octanol–water partition coefficient (Wildman–Crippen LogP) is 3.96. The van der Waals surface area contributed by atoms with E-state index in [-0.39, 0.29) is 6.23 Å². The molecule has 0 spiro atoms. The van der Waals surface area contributed by atoms with Crippen LogP contribution in [0.15, 0.2) is 48.8 Å². The molecular formula is C17H22N2O. The number of ether oxygens (including phenoxy) is 1. The number of hydrogen-bond acceptors (Lipinski definition) is 3. The lowest BCUT2D eigenvalue weighted by Crippen LogP contribution is -2.34. The quantitative estimate of drug-likeness (QED) is 0.743. The summed E-state index contributed by atoms with van der Waals surface area (Å²) >= 11 is 0. The first-order valence-electron chi connectivity index (χ1n) is 7.15. The smallest absolute Gasteiger partial charge is 0.127 e. The van der Waals surface area contributed by atoms with Crippen LogP contribution < -0.4 is 4.90 Å². The summed E-state index contributed by atoms with van der Waals surface area (Å²) in [5.41, 5.74) is 3.58. The van der Waals surface area contributed by atoms with Crippen LogP contribution in [0.3, 0.4) is 0 Å². The number of pyridine rings is 1. The lowest BCUT2D eigenvalue weighted by molar-refractivity contribution is 0.0742. The van der Waals surface area contributed by atoms with Crippen molar-refractivity contribution >= 4 is 5.69 Å². The highest BCUT2D eigenvalue weighted by atomic mass is 16.5. The molecule has 0 amide bonds. The minimum Gasteiger partial charge on any atom is -0.359 e. The molecule has 0 radical (unpaired) electrons. The van der Waals surface area contributed by atoms with Crippen molar-refractivity contribution in [1.82, 2.24) is 4.98 Å². The Morgan fingerprint density at radius 2 is 1.60 bits per heavy atom. The highest BCUT2D eigenvalue weighted by molar-refractivity contribution is 5.65. The molecule has 0 aliphatic rings. The summed E-state index contributed by atoms with van der Waals surface area (Å²) < 4.78 is 5.68. The molecule has 1 heterocycles. The molecule has 0 aliphatic carbocycles. The Hall–Kier alpha value is -1.87. The van der Waals surface area contributed by atoms with Crippen LogP contribution in [0.4, 0.5) is 5.69 Å². The van der Waals surface area contributed by atoms with Crippen molar-refractivity contribution in [3.05, 3.63) is 48.8 Å². The first kappa shape index (κ1) is 14.5. The molecule has 0 saturated heterocycles. The van der Waals surface area contributed by atoms with E-state index < -0.39 is 0 Å². The summed E-state index contributed by atoms with van der Waals surface area (Å²) in [6, 6.07) is 12.6. The van der Waals surface area contributed by atoms with E-state index in [0.717, 1.165) is 13.2 Å². The summed E-state index contributed by atoms with van der Waals surface area (Å²) in [5, 5.41) is 0. The molecule has 3 nitrogen and oxygen atoms in total. The van der Waals surface area contributed by atoms with Gasteiger partial charge in [0, 0.05) is 31.2 Å². The third-order valence-corrected chi connectivity index (χ3v) is 3.40. The summed E-state index contributed by atoms with van der Waals surface area (Å²) in [5.74, 6) is 0. The standard InChI is InChI=1S/C17H22N2O/c1-4-19(14(3)20-5-2)17-8-6-15(7-9-17)16-10-12-18-13-11-16/h6-14H,4-5H2,1-3H3. The van der Waals surface area contributed by atoms with E-state index in [0.29, 0.717) is 0 Å². The Bertz CT molecular complexity index is 510. The average molecular weight is 270 g/mol. The number of aromatic nitrogens is 1. The molecule has 2 aromatic rings. The van der Waals surface area contributed by atoms with Gasteiger partial charge in [-0.15, -0.1) is 0 Å². The average Bonchev–Trinajstić information content (AvgIpc) is 2.50. The molecule has 20 heavy (non-hydrogen) atoms. The Kier molecular flexibility index (Phi) is 5.13. The third kappa shape index (κ3) is 3.36. The number of rotatable bonds is 6. The molecule has 106 valence electrons. The molecule has 1 unspecified atom stereocenters. The van der Waals surface area contributed by atoms with E-state index in [9.17, 15) is 0 Å². The molecule has 1 aromatic carbocycles. The van der Waals surface area contributed by atoms with E-state index in [1.165, 1.54) is 16.8 Å². The van der Waals surface area contributed by atoms with E-state index in [1.54, 1.807) is 0 Å². The zero-order valence-electron chi connectivity index (χ0n) is 12.4. The van der Waals surface area contributed by atoms with Gasteiger partial charge < -0.3 is 9.64 Å². The fraction of sp³-hybridized carbons (Fsp3) is 0.353. The minimum absolute atomic E-state index is 0.0942. The van der Waals surface area contributed by atoms with Gasteiger partial charge in [-0.2, -0.15) is 0 Å². The summed E-state index contributed by atoms with van der Waals surface area (Å²) in [6.07, 6.45) is 3.73. The van der Waals surface area contributed by atoms with Crippen molar-refractivity contribution in [2.24, 2.45) is 0 Å². The Morgan fingerprint density at radius 3 is 2.15 bits per heavy atom. The third-order valence-electron chi connectivity index (χ3n) is 3.40. The minimum atomic E-state index is 0.0942. The van der Waals surface area contributed by atoms with Gasteiger partial charge >= 0.3 is 0 Å². The van der Waals surface area contributed by atoms with Crippen LogP contribution in [-0.2, 0) is 4.74 Å². The fourth-order valence-electron chi connectivity index (χ4n) is 2.37. The number of benzene rings is 1. The Balaban J connectivity index is 2.18. The largest absolute Gasteiger partial charge is 0.359 e. The highest BCUT2D eigenvalue weighted by Gasteiger charge is 2.12. The molecule has 0 aliphatic heterocycles. The molecule has 1 aromatic heterocycles. The van der Waals surface area contributed by atoms with Gasteiger partial charge in [-0.25, -0.2) is 0 Å². The fourth-order valence-corrected chi connectivity index (χ4v) is 2.37. The zero-order valence-corrected chi connectivity index (χ0v) is 12.4. The molecule has 0 fully saturated rings. The van der Waals surface area contributed by atoms with Crippen LogP contribution >= 0.6 is 0 Å². The van der Waals surface area contributed by atoms with E-state index >= 15 is 0 Å². The first-order valence-corrected chi connectivity index (χ1v) is 7.15. The second-order valence-corrected chi connectivity index (χ2v) is 4.62.